The minimum Gasteiger partial charge on any atom is -0.426 e. The number of rotatable bonds is 6. The van der Waals surface area contributed by atoms with Gasteiger partial charge in [0.25, 0.3) is 0 Å². The van der Waals surface area contributed by atoms with Crippen LogP contribution in [-0.4, -0.2) is 39.1 Å². The number of halogens is 2. The molecule has 3 rings (SSSR count). The smallest absolute Gasteiger partial charge is 0.426 e. The van der Waals surface area contributed by atoms with Gasteiger partial charge in [-0.2, -0.15) is 0 Å². The van der Waals surface area contributed by atoms with Gasteiger partial charge in [0.1, 0.15) is 0 Å². The minimum atomic E-state index is -1.03. The number of alkyl halides is 2. The summed E-state index contributed by atoms with van der Waals surface area (Å²) in [4.78, 5) is 0. The second kappa shape index (κ2) is 5.73. The molecule has 0 heterocycles. The van der Waals surface area contributed by atoms with Crippen molar-refractivity contribution >= 4 is 34.6 Å². The van der Waals surface area contributed by atoms with Crippen LogP contribution in [0.3, 0.4) is 0 Å². The summed E-state index contributed by atoms with van der Waals surface area (Å²) >= 11 is 9.58. The maximum Gasteiger partial charge on any atom is 0.473 e. The Morgan fingerprint density at radius 2 is 2.10 bits per heavy atom. The van der Waals surface area contributed by atoms with Crippen LogP contribution in [0.2, 0.25) is 0 Å². The Morgan fingerprint density at radius 3 is 2.60 bits per heavy atom. The van der Waals surface area contributed by atoms with Crippen molar-refractivity contribution in [1.82, 2.24) is 0 Å². The van der Waals surface area contributed by atoms with E-state index in [0.717, 1.165) is 31.0 Å². The van der Waals surface area contributed by atoms with E-state index in [-0.39, 0.29) is 5.41 Å². The van der Waals surface area contributed by atoms with Gasteiger partial charge < -0.3 is 14.8 Å². The first-order valence-corrected chi connectivity index (χ1v) is 9.02. The molecule has 0 aromatic carbocycles. The monoisotopic (exact) mass is 366 g/mol. The highest BCUT2D eigenvalue weighted by molar-refractivity contribution is 9.09. The summed E-state index contributed by atoms with van der Waals surface area (Å²) in [5, 5.41) is 21.5. The molecule has 116 valence electrons. The predicted octanol–water partition coefficient (Wildman–Crippen LogP) is 3.13. The summed E-state index contributed by atoms with van der Waals surface area (Å²) < 4.78 is 5.99. The van der Waals surface area contributed by atoms with Crippen molar-refractivity contribution in [3.8, 4) is 0 Å². The summed E-state index contributed by atoms with van der Waals surface area (Å²) in [5.74, 6) is 0.561. The van der Waals surface area contributed by atoms with Crippen molar-refractivity contribution in [2.75, 3.05) is 5.33 Å². The molecule has 20 heavy (non-hydrogen) atoms. The average Bonchev–Trinajstić information content (AvgIpc) is 2.37. The molecular weight excluding hydrogens is 342 g/mol. The van der Waals surface area contributed by atoms with Crippen LogP contribution in [0.1, 0.15) is 52.9 Å². The SMILES string of the molecule is CC1(O)CCC2CC1(OB(O)[C@H](Cl)CCCBr)C2(C)C. The molecular formula is C14H25BBrClO3. The topological polar surface area (TPSA) is 49.7 Å². The highest BCUT2D eigenvalue weighted by atomic mass is 79.9. The summed E-state index contributed by atoms with van der Waals surface area (Å²) in [6.07, 6.45) is 4.14. The fraction of sp³-hybridized carbons (Fsp3) is 1.00. The van der Waals surface area contributed by atoms with Crippen LogP contribution in [0, 0.1) is 11.3 Å². The molecule has 0 aliphatic heterocycles. The van der Waals surface area contributed by atoms with Crippen molar-refractivity contribution in [2.45, 2.75) is 69.4 Å². The first-order chi connectivity index (χ1) is 9.18. The van der Waals surface area contributed by atoms with Crippen molar-refractivity contribution in [1.29, 1.82) is 0 Å². The van der Waals surface area contributed by atoms with Crippen LogP contribution in [0.4, 0.5) is 0 Å². The fourth-order valence-corrected chi connectivity index (χ4v) is 4.65. The van der Waals surface area contributed by atoms with Gasteiger partial charge in [0.05, 0.1) is 16.5 Å². The number of hydrogen-bond acceptors (Lipinski definition) is 3. The lowest BCUT2D eigenvalue weighted by Crippen LogP contribution is -2.77. The first-order valence-electron chi connectivity index (χ1n) is 7.46. The molecule has 3 aliphatic carbocycles. The molecule has 0 radical (unpaired) electrons. The van der Waals surface area contributed by atoms with E-state index in [0.29, 0.717) is 12.3 Å². The molecule has 3 fully saturated rings. The van der Waals surface area contributed by atoms with Gasteiger partial charge in [-0.3, -0.25) is 0 Å². The lowest BCUT2D eigenvalue weighted by Gasteiger charge is -2.71. The Labute approximate surface area is 135 Å². The van der Waals surface area contributed by atoms with E-state index < -0.39 is 23.6 Å². The van der Waals surface area contributed by atoms with Crippen molar-refractivity contribution in [2.24, 2.45) is 11.3 Å². The Bertz CT molecular complexity index is 356. The van der Waals surface area contributed by atoms with Gasteiger partial charge in [0, 0.05) is 5.33 Å². The van der Waals surface area contributed by atoms with Gasteiger partial charge in [-0.15, -0.1) is 11.6 Å². The molecule has 0 saturated heterocycles. The van der Waals surface area contributed by atoms with Crippen molar-refractivity contribution in [3.05, 3.63) is 0 Å². The first kappa shape index (κ1) is 17.1. The van der Waals surface area contributed by atoms with Crippen LogP contribution in [-0.2, 0) is 4.65 Å². The van der Waals surface area contributed by atoms with E-state index in [1.807, 2.05) is 6.92 Å². The Balaban J connectivity index is 2.09. The van der Waals surface area contributed by atoms with E-state index in [4.69, 9.17) is 16.3 Å². The van der Waals surface area contributed by atoms with Crippen LogP contribution >= 0.6 is 27.5 Å². The van der Waals surface area contributed by atoms with E-state index in [1.54, 1.807) is 0 Å². The van der Waals surface area contributed by atoms with Crippen molar-refractivity contribution in [3.63, 3.8) is 0 Å². The molecule has 3 aliphatic rings. The highest BCUT2D eigenvalue weighted by Gasteiger charge is 2.71. The van der Waals surface area contributed by atoms with Crippen LogP contribution in [0.15, 0.2) is 0 Å². The van der Waals surface area contributed by atoms with E-state index in [9.17, 15) is 10.1 Å². The van der Waals surface area contributed by atoms with Gasteiger partial charge >= 0.3 is 7.12 Å². The van der Waals surface area contributed by atoms with Gasteiger partial charge in [0.2, 0.25) is 0 Å². The summed E-state index contributed by atoms with van der Waals surface area (Å²) in [6, 6.07) is 0. The molecule has 0 aromatic rings. The molecule has 3 saturated carbocycles. The lowest BCUT2D eigenvalue weighted by atomic mass is 9.40. The quantitative estimate of drug-likeness (QED) is 0.560. The molecule has 2 N–H and O–H groups in total. The molecule has 2 bridgehead atoms. The summed E-state index contributed by atoms with van der Waals surface area (Å²) in [6.45, 7) is 6.09. The third-order valence-electron chi connectivity index (χ3n) is 5.69. The zero-order valence-corrected chi connectivity index (χ0v) is 14.9. The number of fused-ring (bicyclic) bond motifs is 2. The minimum absolute atomic E-state index is 0.123. The molecule has 3 unspecified atom stereocenters. The van der Waals surface area contributed by atoms with Crippen LogP contribution < -0.4 is 0 Å². The average molecular weight is 368 g/mol. The zero-order valence-electron chi connectivity index (χ0n) is 12.5. The second-order valence-electron chi connectivity index (χ2n) is 7.12. The number of hydrogen-bond donors (Lipinski definition) is 2. The normalized spacial score (nSPS) is 40.0. The van der Waals surface area contributed by atoms with Crippen LogP contribution in [0.25, 0.3) is 0 Å². The third kappa shape index (κ3) is 2.47. The summed E-state index contributed by atoms with van der Waals surface area (Å²) in [7, 11) is -1.03. The molecule has 3 nitrogen and oxygen atoms in total. The standard InChI is InChI=1S/C14H25BBrClO3/c1-12(2)10-6-7-13(3,18)14(12,9-10)20-15(19)11(17)5-4-8-16/h10-11,18-19H,4-9H2,1-3H3/t10?,11-,13?,14?/m1/s1. The number of aliphatic hydroxyl groups is 1. The van der Waals surface area contributed by atoms with E-state index in [1.165, 1.54) is 0 Å². The molecule has 0 aromatic heterocycles. The fourth-order valence-electron chi connectivity index (χ4n) is 4.12. The Morgan fingerprint density at radius 1 is 1.45 bits per heavy atom. The molecule has 0 amide bonds. The lowest BCUT2D eigenvalue weighted by molar-refractivity contribution is -0.304. The van der Waals surface area contributed by atoms with Gasteiger partial charge in [0.15, 0.2) is 0 Å². The Kier molecular flexibility index (Phi) is 4.89. The maximum atomic E-state index is 10.8. The molecule has 0 spiro atoms. The summed E-state index contributed by atoms with van der Waals surface area (Å²) in [5.41, 5.74) is -1.70. The van der Waals surface area contributed by atoms with Crippen molar-refractivity contribution < 1.29 is 14.8 Å². The Hall–Kier alpha value is 0.715. The second-order valence-corrected chi connectivity index (χ2v) is 8.47. The largest absolute Gasteiger partial charge is 0.473 e. The molecule has 4 atom stereocenters. The van der Waals surface area contributed by atoms with E-state index in [2.05, 4.69) is 29.8 Å². The maximum absolute atomic E-state index is 10.8. The third-order valence-corrected chi connectivity index (χ3v) is 6.68. The van der Waals surface area contributed by atoms with E-state index >= 15 is 0 Å². The van der Waals surface area contributed by atoms with Gasteiger partial charge in [-0.1, -0.05) is 29.8 Å². The van der Waals surface area contributed by atoms with Gasteiger partial charge in [-0.05, 0) is 50.4 Å². The van der Waals surface area contributed by atoms with Crippen LogP contribution in [0.5, 0.6) is 0 Å². The molecule has 6 heteroatoms. The van der Waals surface area contributed by atoms with Gasteiger partial charge in [-0.25, -0.2) is 0 Å². The zero-order chi connectivity index (χ0) is 15.2. The highest BCUT2D eigenvalue weighted by Crippen LogP contribution is 2.67. The predicted molar refractivity (Wildman–Crippen MR) is 86.2 cm³/mol.